The summed E-state index contributed by atoms with van der Waals surface area (Å²) >= 11 is 0. The van der Waals surface area contributed by atoms with E-state index in [-0.39, 0.29) is 5.60 Å². The van der Waals surface area contributed by atoms with Gasteiger partial charge in [-0.2, -0.15) is 0 Å². The van der Waals surface area contributed by atoms with E-state index in [2.05, 4.69) is 13.8 Å². The van der Waals surface area contributed by atoms with Gasteiger partial charge in [-0.25, -0.2) is 0 Å². The highest BCUT2D eigenvalue weighted by molar-refractivity contribution is 4.98. The summed E-state index contributed by atoms with van der Waals surface area (Å²) < 4.78 is 0. The van der Waals surface area contributed by atoms with E-state index < -0.39 is 0 Å². The first-order valence-electron chi connectivity index (χ1n) is 5.45. The van der Waals surface area contributed by atoms with Crippen molar-refractivity contribution < 1.29 is 5.11 Å². The molecule has 1 aliphatic carbocycles. The maximum atomic E-state index is 9.95. The molecule has 1 atom stereocenters. The van der Waals surface area contributed by atoms with Gasteiger partial charge in [0.25, 0.3) is 0 Å². The number of aliphatic hydroxyl groups is 1. The minimum atomic E-state index is -0.231. The van der Waals surface area contributed by atoms with E-state index in [0.29, 0.717) is 5.92 Å². The van der Waals surface area contributed by atoms with Gasteiger partial charge in [0.05, 0.1) is 5.60 Å². The van der Waals surface area contributed by atoms with Crippen molar-refractivity contribution in [3.63, 3.8) is 0 Å². The minimum Gasteiger partial charge on any atom is -0.390 e. The Labute approximate surface area is 76.2 Å². The molecule has 1 unspecified atom stereocenters. The molecule has 1 nitrogen and oxygen atoms in total. The molecule has 0 amide bonds. The fourth-order valence-electron chi connectivity index (χ4n) is 2.02. The number of hydrogen-bond acceptors (Lipinski definition) is 1. The van der Waals surface area contributed by atoms with Crippen molar-refractivity contribution in [2.75, 3.05) is 0 Å². The zero-order valence-electron chi connectivity index (χ0n) is 8.47. The third-order valence-electron chi connectivity index (χ3n) is 3.07. The fourth-order valence-corrected chi connectivity index (χ4v) is 2.02. The van der Waals surface area contributed by atoms with E-state index in [4.69, 9.17) is 0 Å². The second-order valence-corrected chi connectivity index (χ2v) is 4.23. The quantitative estimate of drug-likeness (QED) is 0.649. The molecule has 0 bridgehead atoms. The lowest BCUT2D eigenvalue weighted by molar-refractivity contribution is 0.0704. The van der Waals surface area contributed by atoms with Crippen molar-refractivity contribution in [2.24, 2.45) is 5.92 Å². The van der Waals surface area contributed by atoms with Gasteiger partial charge in [-0.15, -0.1) is 0 Å². The van der Waals surface area contributed by atoms with Gasteiger partial charge in [-0.3, -0.25) is 0 Å². The van der Waals surface area contributed by atoms with Crippen LogP contribution in [0.1, 0.15) is 58.8 Å². The Hall–Kier alpha value is -0.0400. The first-order valence-corrected chi connectivity index (χ1v) is 5.45. The Kier molecular flexibility index (Phi) is 3.57. The summed E-state index contributed by atoms with van der Waals surface area (Å²) in [6.07, 6.45) is 8.33. The molecule has 0 spiro atoms. The number of hydrogen-bond donors (Lipinski definition) is 1. The van der Waals surface area contributed by atoms with Gasteiger partial charge in [-0.1, -0.05) is 33.1 Å². The third-order valence-corrected chi connectivity index (χ3v) is 3.07. The van der Waals surface area contributed by atoms with Crippen molar-refractivity contribution in [2.45, 2.75) is 64.4 Å². The van der Waals surface area contributed by atoms with Crippen LogP contribution < -0.4 is 0 Å². The molecule has 72 valence electrons. The Bertz CT molecular complexity index is 127. The molecule has 0 aliphatic heterocycles. The van der Waals surface area contributed by atoms with E-state index in [9.17, 15) is 5.11 Å². The second kappa shape index (κ2) is 4.27. The molecule has 0 heterocycles. The molecule has 0 saturated heterocycles. The molecule has 0 aromatic rings. The van der Waals surface area contributed by atoms with Crippen LogP contribution in [0.5, 0.6) is 0 Å². The summed E-state index contributed by atoms with van der Waals surface area (Å²) in [5.41, 5.74) is -0.231. The molecule has 1 saturated carbocycles. The molecule has 1 aliphatic rings. The molecular weight excluding hydrogens is 148 g/mol. The molecule has 1 rings (SSSR count). The summed E-state index contributed by atoms with van der Waals surface area (Å²) in [6.45, 7) is 4.44. The first kappa shape index (κ1) is 10.0. The molecule has 1 fully saturated rings. The van der Waals surface area contributed by atoms with Gasteiger partial charge in [0.2, 0.25) is 0 Å². The van der Waals surface area contributed by atoms with Crippen LogP contribution in [0, 0.1) is 5.92 Å². The molecule has 0 aromatic carbocycles. The van der Waals surface area contributed by atoms with Crippen LogP contribution in [0.4, 0.5) is 0 Å². The van der Waals surface area contributed by atoms with Gasteiger partial charge in [0.1, 0.15) is 0 Å². The van der Waals surface area contributed by atoms with E-state index >= 15 is 0 Å². The topological polar surface area (TPSA) is 20.2 Å². The van der Waals surface area contributed by atoms with Gasteiger partial charge in [0.15, 0.2) is 0 Å². The fraction of sp³-hybridized carbons (Fsp3) is 1.00. The highest BCUT2D eigenvalue weighted by Crippen LogP contribution is 2.46. The molecule has 12 heavy (non-hydrogen) atoms. The lowest BCUT2D eigenvalue weighted by Gasteiger charge is -2.21. The SMILES string of the molecule is CCCCC(CCC)C1(O)CC1. The van der Waals surface area contributed by atoms with Crippen molar-refractivity contribution in [1.29, 1.82) is 0 Å². The predicted molar refractivity (Wildman–Crippen MR) is 52.1 cm³/mol. The molecule has 1 N–H and O–H groups in total. The number of rotatable bonds is 6. The Morgan fingerprint density at radius 1 is 1.17 bits per heavy atom. The van der Waals surface area contributed by atoms with Crippen molar-refractivity contribution >= 4 is 0 Å². The summed E-state index contributed by atoms with van der Waals surface area (Å²) in [5, 5.41) is 9.95. The van der Waals surface area contributed by atoms with Crippen LogP contribution in [0.25, 0.3) is 0 Å². The molecule has 1 heteroatoms. The van der Waals surface area contributed by atoms with Crippen LogP contribution in [0.15, 0.2) is 0 Å². The number of unbranched alkanes of at least 4 members (excludes halogenated alkanes) is 1. The van der Waals surface area contributed by atoms with Gasteiger partial charge >= 0.3 is 0 Å². The monoisotopic (exact) mass is 170 g/mol. The highest BCUT2D eigenvalue weighted by Gasteiger charge is 2.46. The third kappa shape index (κ3) is 2.48. The van der Waals surface area contributed by atoms with Crippen LogP contribution >= 0.6 is 0 Å². The second-order valence-electron chi connectivity index (χ2n) is 4.23. The molecule has 0 radical (unpaired) electrons. The van der Waals surface area contributed by atoms with E-state index in [1.54, 1.807) is 0 Å². The summed E-state index contributed by atoms with van der Waals surface area (Å²) in [7, 11) is 0. The van der Waals surface area contributed by atoms with E-state index in [1.165, 1.54) is 32.1 Å². The zero-order chi connectivity index (χ0) is 9.03. The molecule has 0 aromatic heterocycles. The van der Waals surface area contributed by atoms with Crippen molar-refractivity contribution in [1.82, 2.24) is 0 Å². The summed E-state index contributed by atoms with van der Waals surface area (Å²) in [4.78, 5) is 0. The van der Waals surface area contributed by atoms with Gasteiger partial charge in [0, 0.05) is 0 Å². The van der Waals surface area contributed by atoms with Crippen molar-refractivity contribution in [3.05, 3.63) is 0 Å². The molecular formula is C11H22O. The highest BCUT2D eigenvalue weighted by atomic mass is 16.3. The van der Waals surface area contributed by atoms with Crippen LogP contribution in [-0.4, -0.2) is 10.7 Å². The lowest BCUT2D eigenvalue weighted by atomic mass is 9.90. The zero-order valence-corrected chi connectivity index (χ0v) is 8.47. The average Bonchev–Trinajstić information content (AvgIpc) is 2.78. The van der Waals surface area contributed by atoms with Gasteiger partial charge in [-0.05, 0) is 31.6 Å². The summed E-state index contributed by atoms with van der Waals surface area (Å²) in [5.74, 6) is 0.599. The average molecular weight is 170 g/mol. The van der Waals surface area contributed by atoms with Crippen molar-refractivity contribution in [3.8, 4) is 0 Å². The normalized spacial score (nSPS) is 22.2. The summed E-state index contributed by atoms with van der Waals surface area (Å²) in [6, 6.07) is 0. The lowest BCUT2D eigenvalue weighted by Crippen LogP contribution is -2.21. The van der Waals surface area contributed by atoms with Crippen LogP contribution in [0.2, 0.25) is 0 Å². The maximum absolute atomic E-state index is 9.95. The van der Waals surface area contributed by atoms with Crippen LogP contribution in [-0.2, 0) is 0 Å². The van der Waals surface area contributed by atoms with Gasteiger partial charge < -0.3 is 5.11 Å². The predicted octanol–water partition coefficient (Wildman–Crippen LogP) is 3.12. The minimum absolute atomic E-state index is 0.231. The van der Waals surface area contributed by atoms with E-state index in [1.807, 2.05) is 0 Å². The maximum Gasteiger partial charge on any atom is 0.0678 e. The largest absolute Gasteiger partial charge is 0.390 e. The smallest absolute Gasteiger partial charge is 0.0678 e. The Morgan fingerprint density at radius 2 is 1.83 bits per heavy atom. The van der Waals surface area contributed by atoms with E-state index in [0.717, 1.165) is 12.8 Å². The standard InChI is InChI=1S/C11H22O/c1-3-5-7-10(6-4-2)11(12)8-9-11/h10,12H,3-9H2,1-2H3. The van der Waals surface area contributed by atoms with Crippen LogP contribution in [0.3, 0.4) is 0 Å². The first-order chi connectivity index (χ1) is 5.73. The Balaban J connectivity index is 2.28. The Morgan fingerprint density at radius 3 is 2.25 bits per heavy atom.